The molecule has 0 radical (unpaired) electrons. The summed E-state index contributed by atoms with van der Waals surface area (Å²) in [4.78, 5) is 50.4. The minimum Gasteiger partial charge on any atom is -0.326 e. The number of carbonyl (C=O) groups is 2. The standard InChI is InChI=1S/C23H21BrN4O4/c1-14-9-18(5-6-19(14)24)27-13-16(11-22(27)31)23(32)25-17-4-2-3-15(10-17)12-28-21(30)8-7-20(29)26-28/h2-10,16H,11-13H2,1H3,(H,25,32)(H,26,29)/t16-/m1/s1. The van der Waals surface area contributed by atoms with Crippen LogP contribution in [0.5, 0.6) is 0 Å². The number of carbonyl (C=O) groups excluding carboxylic acids is 2. The predicted molar refractivity (Wildman–Crippen MR) is 125 cm³/mol. The third-order valence-corrected chi connectivity index (χ3v) is 6.26. The SMILES string of the molecule is Cc1cc(N2C[C@H](C(=O)Nc3cccc(Cn4[nH]c(=O)ccc4=O)c3)CC2=O)ccc1Br. The van der Waals surface area contributed by atoms with Crippen LogP contribution in [0.1, 0.15) is 17.5 Å². The first-order valence-corrected chi connectivity index (χ1v) is 10.9. The summed E-state index contributed by atoms with van der Waals surface area (Å²) in [6.07, 6.45) is 0.140. The van der Waals surface area contributed by atoms with Crippen LogP contribution in [0.15, 0.2) is 68.7 Å². The number of hydrogen-bond donors (Lipinski definition) is 2. The summed E-state index contributed by atoms with van der Waals surface area (Å²) in [5, 5.41) is 5.34. The molecule has 0 aliphatic carbocycles. The zero-order valence-electron chi connectivity index (χ0n) is 17.3. The molecule has 3 aromatic rings. The molecule has 8 nitrogen and oxygen atoms in total. The van der Waals surface area contributed by atoms with E-state index in [1.54, 1.807) is 29.2 Å². The highest BCUT2D eigenvalue weighted by atomic mass is 79.9. The zero-order chi connectivity index (χ0) is 22.8. The quantitative estimate of drug-likeness (QED) is 0.566. The van der Waals surface area contributed by atoms with Gasteiger partial charge in [0.1, 0.15) is 0 Å². The molecule has 2 amide bonds. The number of nitrogens with one attached hydrogen (secondary N) is 2. The number of aryl methyl sites for hydroxylation is 1. The monoisotopic (exact) mass is 496 g/mol. The number of amides is 2. The van der Waals surface area contributed by atoms with Crippen molar-refractivity contribution in [2.75, 3.05) is 16.8 Å². The summed E-state index contributed by atoms with van der Waals surface area (Å²) in [7, 11) is 0. The maximum Gasteiger partial charge on any atom is 0.265 e. The molecule has 1 saturated heterocycles. The molecule has 1 aliphatic heterocycles. The van der Waals surface area contributed by atoms with E-state index in [1.165, 1.54) is 16.8 Å². The van der Waals surface area contributed by atoms with E-state index in [9.17, 15) is 19.2 Å². The molecule has 2 N–H and O–H groups in total. The lowest BCUT2D eigenvalue weighted by Crippen LogP contribution is -2.28. The Bertz CT molecular complexity index is 1310. The minimum absolute atomic E-state index is 0.0898. The van der Waals surface area contributed by atoms with Gasteiger partial charge in [-0.3, -0.25) is 24.3 Å². The van der Waals surface area contributed by atoms with Crippen LogP contribution >= 0.6 is 15.9 Å². The Kier molecular flexibility index (Phi) is 6.09. The van der Waals surface area contributed by atoms with Crippen molar-refractivity contribution in [2.45, 2.75) is 19.9 Å². The lowest BCUT2D eigenvalue weighted by molar-refractivity contribution is -0.122. The maximum absolute atomic E-state index is 12.8. The Morgan fingerprint density at radius 2 is 1.94 bits per heavy atom. The molecule has 4 rings (SSSR count). The van der Waals surface area contributed by atoms with Crippen molar-refractivity contribution in [3.8, 4) is 0 Å². The van der Waals surface area contributed by atoms with Gasteiger partial charge in [-0.15, -0.1) is 0 Å². The summed E-state index contributed by atoms with van der Waals surface area (Å²) < 4.78 is 2.17. The Morgan fingerprint density at radius 1 is 1.12 bits per heavy atom. The largest absolute Gasteiger partial charge is 0.326 e. The second kappa shape index (κ2) is 8.96. The third-order valence-electron chi connectivity index (χ3n) is 5.37. The lowest BCUT2D eigenvalue weighted by atomic mass is 10.1. The zero-order valence-corrected chi connectivity index (χ0v) is 18.9. The molecule has 1 atom stereocenters. The topological polar surface area (TPSA) is 104 Å². The van der Waals surface area contributed by atoms with E-state index in [0.717, 1.165) is 21.3 Å². The fraction of sp³-hybridized carbons (Fsp3) is 0.217. The highest BCUT2D eigenvalue weighted by Crippen LogP contribution is 2.29. The second-order valence-corrected chi connectivity index (χ2v) is 8.62. The van der Waals surface area contributed by atoms with Crippen LogP contribution in [0.25, 0.3) is 0 Å². The summed E-state index contributed by atoms with van der Waals surface area (Å²) in [6, 6.07) is 15.1. The fourth-order valence-electron chi connectivity index (χ4n) is 3.68. The molecule has 0 spiro atoms. The van der Waals surface area contributed by atoms with E-state index < -0.39 is 5.92 Å². The third kappa shape index (κ3) is 4.72. The van der Waals surface area contributed by atoms with Gasteiger partial charge < -0.3 is 10.2 Å². The van der Waals surface area contributed by atoms with Crippen LogP contribution in [-0.2, 0) is 16.1 Å². The van der Waals surface area contributed by atoms with E-state index in [2.05, 4.69) is 26.3 Å². The van der Waals surface area contributed by atoms with Crippen LogP contribution < -0.4 is 21.3 Å². The van der Waals surface area contributed by atoms with Crippen molar-refractivity contribution in [2.24, 2.45) is 5.92 Å². The summed E-state index contributed by atoms with van der Waals surface area (Å²) >= 11 is 3.46. The normalized spacial score (nSPS) is 15.8. The molecule has 0 bridgehead atoms. The van der Waals surface area contributed by atoms with Crippen molar-refractivity contribution < 1.29 is 9.59 Å². The number of rotatable bonds is 5. The molecular formula is C23H21BrN4O4. The number of nitrogens with zero attached hydrogens (tertiary/aromatic N) is 2. The van der Waals surface area contributed by atoms with Crippen molar-refractivity contribution in [3.63, 3.8) is 0 Å². The molecule has 2 heterocycles. The lowest BCUT2D eigenvalue weighted by Gasteiger charge is -2.18. The molecule has 0 unspecified atom stereocenters. The predicted octanol–water partition coefficient (Wildman–Crippen LogP) is 2.65. The molecular weight excluding hydrogens is 476 g/mol. The van der Waals surface area contributed by atoms with E-state index in [1.807, 2.05) is 25.1 Å². The van der Waals surface area contributed by atoms with Crippen molar-refractivity contribution in [1.29, 1.82) is 0 Å². The molecule has 9 heteroatoms. The van der Waals surface area contributed by atoms with E-state index >= 15 is 0 Å². The van der Waals surface area contributed by atoms with Crippen molar-refractivity contribution in [3.05, 3.63) is 90.9 Å². The summed E-state index contributed by atoms with van der Waals surface area (Å²) in [6.45, 7) is 2.42. The number of aromatic amines is 1. The van der Waals surface area contributed by atoms with Gasteiger partial charge in [-0.25, -0.2) is 4.68 Å². The van der Waals surface area contributed by atoms with Gasteiger partial charge in [0.15, 0.2) is 0 Å². The van der Waals surface area contributed by atoms with Crippen LogP contribution in [0.4, 0.5) is 11.4 Å². The number of benzene rings is 2. The van der Waals surface area contributed by atoms with Crippen LogP contribution in [0, 0.1) is 12.8 Å². The molecule has 32 heavy (non-hydrogen) atoms. The molecule has 1 aliphatic rings. The molecule has 164 valence electrons. The Hall–Kier alpha value is -3.46. The number of halogens is 1. The van der Waals surface area contributed by atoms with Gasteiger partial charge in [0.05, 0.1) is 12.5 Å². The highest BCUT2D eigenvalue weighted by molar-refractivity contribution is 9.10. The van der Waals surface area contributed by atoms with Gasteiger partial charge in [-0.1, -0.05) is 28.1 Å². The maximum atomic E-state index is 12.8. The first kappa shape index (κ1) is 21.8. The molecule has 0 saturated carbocycles. The Morgan fingerprint density at radius 3 is 2.72 bits per heavy atom. The molecule has 2 aromatic carbocycles. The second-order valence-electron chi connectivity index (χ2n) is 7.76. The van der Waals surface area contributed by atoms with E-state index in [4.69, 9.17) is 0 Å². The smallest absolute Gasteiger partial charge is 0.265 e. The minimum atomic E-state index is -0.469. The van der Waals surface area contributed by atoms with Gasteiger partial charge in [-0.05, 0) is 48.4 Å². The van der Waals surface area contributed by atoms with Gasteiger partial charge in [0.25, 0.3) is 11.1 Å². The van der Waals surface area contributed by atoms with Gasteiger partial charge in [0.2, 0.25) is 11.8 Å². The number of anilines is 2. The number of hydrogen-bond acceptors (Lipinski definition) is 4. The number of aromatic nitrogens is 2. The molecule has 1 fully saturated rings. The van der Waals surface area contributed by atoms with Crippen LogP contribution in [0.3, 0.4) is 0 Å². The average Bonchev–Trinajstić information content (AvgIpc) is 3.15. The number of H-pyrrole nitrogens is 1. The van der Waals surface area contributed by atoms with Crippen LogP contribution in [-0.4, -0.2) is 28.1 Å². The van der Waals surface area contributed by atoms with E-state index in [-0.39, 0.29) is 35.9 Å². The Labute approximate surface area is 192 Å². The fourth-order valence-corrected chi connectivity index (χ4v) is 3.93. The van der Waals surface area contributed by atoms with Crippen molar-refractivity contribution in [1.82, 2.24) is 9.78 Å². The highest BCUT2D eigenvalue weighted by Gasteiger charge is 2.35. The van der Waals surface area contributed by atoms with Gasteiger partial charge >= 0.3 is 0 Å². The summed E-state index contributed by atoms with van der Waals surface area (Å²) in [5.41, 5.74) is 2.39. The van der Waals surface area contributed by atoms with Crippen molar-refractivity contribution >= 4 is 39.1 Å². The first-order valence-electron chi connectivity index (χ1n) is 10.1. The van der Waals surface area contributed by atoms with E-state index in [0.29, 0.717) is 12.2 Å². The first-order chi connectivity index (χ1) is 15.3. The van der Waals surface area contributed by atoms with Gasteiger partial charge in [0, 0.05) is 40.9 Å². The summed E-state index contributed by atoms with van der Waals surface area (Å²) in [5.74, 6) is -0.798. The average molecular weight is 497 g/mol. The Balaban J connectivity index is 1.45. The van der Waals surface area contributed by atoms with Crippen LogP contribution in [0.2, 0.25) is 0 Å². The van der Waals surface area contributed by atoms with Gasteiger partial charge in [-0.2, -0.15) is 0 Å². The molecule has 1 aromatic heterocycles.